The van der Waals surface area contributed by atoms with Crippen LogP contribution in [-0.2, 0) is 64.7 Å². The zero-order valence-corrected chi connectivity index (χ0v) is 68.8. The van der Waals surface area contributed by atoms with Gasteiger partial charge in [0.2, 0.25) is 0 Å². The minimum Gasteiger partial charge on any atom is -0.457 e. The zero-order valence-electron chi connectivity index (χ0n) is 60.8. The lowest BCUT2D eigenvalue weighted by atomic mass is 9.78. The van der Waals surface area contributed by atoms with Gasteiger partial charge in [-0.2, -0.15) is 16.8 Å². The summed E-state index contributed by atoms with van der Waals surface area (Å²) in [4.78, 5) is 99.9. The monoisotopic (exact) mass is 1830 g/mol. The van der Waals surface area contributed by atoms with Crippen molar-refractivity contribution < 1.29 is 102 Å². The van der Waals surface area contributed by atoms with Crippen LogP contribution >= 0.6 is 58.5 Å². The molecule has 0 bridgehead atoms. The van der Waals surface area contributed by atoms with Gasteiger partial charge < -0.3 is 18.9 Å². The molecule has 8 amide bonds. The fraction of sp³-hybridized carbons (Fsp3) is 0.108. The molecule has 4 aliphatic rings. The van der Waals surface area contributed by atoms with Crippen LogP contribution in [0.3, 0.4) is 0 Å². The predicted octanol–water partition coefficient (Wildman–Crippen LogP) is 17.3. The normalized spacial score (nSPS) is 13.9. The van der Waals surface area contributed by atoms with E-state index in [4.69, 9.17) is 38.2 Å². The van der Waals surface area contributed by atoms with Crippen LogP contribution in [0.1, 0.15) is 150 Å². The topological polar surface area (TPSA) is 348 Å². The number of rotatable bonds is 22. The zero-order chi connectivity index (χ0) is 83.1. The van der Waals surface area contributed by atoms with E-state index in [2.05, 4.69) is 61.6 Å². The molecule has 0 spiro atoms. The van der Waals surface area contributed by atoms with Crippen LogP contribution in [0.2, 0.25) is 0 Å². The summed E-state index contributed by atoms with van der Waals surface area (Å²) < 4.78 is 107. The van der Waals surface area contributed by atoms with E-state index in [1.54, 1.807) is 97.1 Å². The molecule has 116 heavy (non-hydrogen) atoms. The van der Waals surface area contributed by atoms with Crippen molar-refractivity contribution in [2.45, 2.75) is 69.2 Å². The average molecular weight is 1840 g/mol. The number of imide groups is 4. The molecular weight excluding hydrogens is 1780 g/mol. The summed E-state index contributed by atoms with van der Waals surface area (Å²) in [5.41, 5.74) is 5.83. The Morgan fingerprint density at radius 2 is 0.500 bits per heavy atom. The van der Waals surface area contributed by atoms with Crippen LogP contribution in [0, 0.1) is 0 Å². The molecule has 0 saturated carbocycles. The molecule has 4 aliphatic heterocycles. The van der Waals surface area contributed by atoms with Crippen LogP contribution in [-0.4, -0.2) is 103 Å². The van der Waals surface area contributed by atoms with Crippen molar-refractivity contribution in [2.75, 3.05) is 0 Å². The van der Waals surface area contributed by atoms with E-state index in [-0.39, 0.29) is 96.4 Å². The summed E-state index contributed by atoms with van der Waals surface area (Å²) in [6, 6.07) is 64.8. The maximum atomic E-state index is 13.2. The van der Waals surface area contributed by atoms with Gasteiger partial charge in [0.1, 0.15) is 46.0 Å². The van der Waals surface area contributed by atoms with E-state index in [1.165, 1.54) is 97.1 Å². The first-order valence-corrected chi connectivity index (χ1v) is 43.0. The molecule has 15 rings (SSSR count). The average Bonchev–Trinajstić information content (AvgIpc) is 1.62. The molecule has 33 heteroatoms. The number of ether oxygens (including phenoxy) is 4. The Labute approximate surface area is 692 Å². The molecule has 0 unspecified atom stereocenters. The van der Waals surface area contributed by atoms with E-state index >= 15 is 0 Å². The van der Waals surface area contributed by atoms with Gasteiger partial charge in [-0.15, -0.1) is 28.8 Å². The highest BCUT2D eigenvalue weighted by molar-refractivity contribution is 9.09. The summed E-state index contributed by atoms with van der Waals surface area (Å²) in [5.74, 6) is -3.74. The highest BCUT2D eigenvalue weighted by atomic mass is 79.9. The number of carbonyl (C=O) groups excluding carboxylic acids is 8. The molecule has 0 aromatic heterocycles. The van der Waals surface area contributed by atoms with Crippen molar-refractivity contribution in [3.05, 3.63) is 326 Å². The van der Waals surface area contributed by atoms with Gasteiger partial charge in [0.05, 0.1) is 59.2 Å². The van der Waals surface area contributed by atoms with Crippen LogP contribution in [0.15, 0.2) is 257 Å². The van der Waals surface area contributed by atoms with Crippen molar-refractivity contribution in [2.24, 2.45) is 0 Å². The van der Waals surface area contributed by atoms with Crippen molar-refractivity contribution >= 4 is 135 Å². The number of halogens is 4. The molecule has 0 fully saturated rings. The summed E-state index contributed by atoms with van der Waals surface area (Å²) in [6.07, 6.45) is 0. The molecule has 0 aliphatic carbocycles. The summed E-state index contributed by atoms with van der Waals surface area (Å²) in [6.45, 7) is 8.21. The molecule has 0 saturated heterocycles. The first-order valence-electron chi connectivity index (χ1n) is 34.5. The lowest BCUT2D eigenvalue weighted by Crippen LogP contribution is -2.32. The van der Waals surface area contributed by atoms with Gasteiger partial charge in [-0.25, -0.2) is 8.42 Å². The third-order valence-corrected chi connectivity index (χ3v) is 24.7. The van der Waals surface area contributed by atoms with Gasteiger partial charge in [-0.1, -0.05) is 160 Å². The van der Waals surface area contributed by atoms with Crippen molar-refractivity contribution in [3.63, 3.8) is 0 Å². The summed E-state index contributed by atoms with van der Waals surface area (Å²) in [7, 11) is -7.44. The number of hydrogen-bond donors (Lipinski definition) is 2. The Balaban J connectivity index is 0.000000187. The van der Waals surface area contributed by atoms with E-state index in [0.717, 1.165) is 38.9 Å². The fourth-order valence-corrected chi connectivity index (χ4v) is 16.0. The third-order valence-electron chi connectivity index (χ3n) is 19.0. The Hall–Kier alpha value is -11.4. The molecule has 0 radical (unpaired) electrons. The highest BCUT2D eigenvalue weighted by Crippen LogP contribution is 2.41. The molecule has 4 heterocycles. The molecule has 11 aromatic carbocycles. The largest absolute Gasteiger partial charge is 0.457 e. The minimum atomic E-state index is -4.49. The third kappa shape index (κ3) is 17.1. The maximum absolute atomic E-state index is 13.2. The SMILES string of the molecule is CC(C)(c1ccc(Oc2ccc3c(c2)C(=O)N(O)C3=O)cc1)c1ccc(Oc2ccc3c(c2)C(=O)N(O)C3=O)cc1.CC(C)(c1ccc(Oc2ccc3c(c2)C(=O)N(OS(=O)(=O)c2ccc(CBr)cc2)C3=O)cc1)c1ccc(Oc2ccc3c(c2)C(=O)N(OS(=O)(=O)c2ccc(CBr)cc2)C3=O)cc1.O=S(=O)(Cl)c1ccc(CBr)cc1. The van der Waals surface area contributed by atoms with Gasteiger partial charge in [-0.05, 0) is 197 Å². The standard InChI is InChI=1S/C45H32Br2N2O12S2.C31H22N2O8.C7H6BrClO2S/c1-45(2,29-7-11-31(12-8-29)58-33-15-21-37-39(23-33)43(52)48(41(37)50)60-62(54,55)35-17-3-27(25-46)4-18-35)30-9-13-32(14-10-30)59-34-16-22-38-40(24-34)44(53)49(42(38)51)61-63(56,57)36-19-5-28(26-47)6-20-36;1-31(2,17-3-7-19(8-4-17)40-21-11-13-23-25(15-21)29(36)32(38)27(23)34)18-5-9-20(10-6-18)41-22-12-14-24-26(16-22)30(37)33(39)28(24)35;8-5-6-1-3-7(4-2-6)12(9,10)11/h3-24H,25-26H2,1-2H3;3-16,38-39H,1-2H3;1-4H,5H2. The number of hydroxylamine groups is 8. The van der Waals surface area contributed by atoms with Crippen molar-refractivity contribution in [1.29, 1.82) is 0 Å². The predicted molar refractivity (Wildman–Crippen MR) is 428 cm³/mol. The molecular formula is C83H60Br3ClN4O22S3. The first-order chi connectivity index (χ1) is 55.1. The van der Waals surface area contributed by atoms with Gasteiger partial charge >= 0.3 is 20.2 Å². The van der Waals surface area contributed by atoms with Crippen LogP contribution < -0.4 is 18.9 Å². The fourth-order valence-electron chi connectivity index (χ4n) is 12.3. The summed E-state index contributed by atoms with van der Waals surface area (Å²) in [5, 5.41) is 21.5. The molecule has 590 valence electrons. The lowest BCUT2D eigenvalue weighted by Gasteiger charge is -2.26. The first kappa shape index (κ1) is 82.6. The quantitative estimate of drug-likeness (QED) is 0.0275. The van der Waals surface area contributed by atoms with E-state index in [0.29, 0.717) is 50.5 Å². The second-order valence-electron chi connectivity index (χ2n) is 27.1. The highest BCUT2D eigenvalue weighted by Gasteiger charge is 2.43. The number of hydrogen-bond acceptors (Lipinski definition) is 22. The van der Waals surface area contributed by atoms with Crippen LogP contribution in [0.25, 0.3) is 0 Å². The smallest absolute Gasteiger partial charge is 0.318 e. The molecule has 2 N–H and O–H groups in total. The Morgan fingerprint density at radius 3 is 0.741 bits per heavy atom. The summed E-state index contributed by atoms with van der Waals surface area (Å²) >= 11 is 9.84. The second-order valence-corrected chi connectivity index (χ2v) is 34.4. The van der Waals surface area contributed by atoms with Gasteiger partial charge in [0.25, 0.3) is 56.3 Å². The van der Waals surface area contributed by atoms with Gasteiger partial charge in [0.15, 0.2) is 0 Å². The number of carbonyl (C=O) groups is 8. The van der Waals surface area contributed by atoms with Crippen molar-refractivity contribution in [1.82, 2.24) is 20.3 Å². The Bertz CT molecular complexity index is 5850. The van der Waals surface area contributed by atoms with Gasteiger partial charge in [-0.3, -0.25) is 48.8 Å². The van der Waals surface area contributed by atoms with E-state index < -0.39 is 82.0 Å². The van der Waals surface area contributed by atoms with E-state index in [1.807, 2.05) is 62.4 Å². The lowest BCUT2D eigenvalue weighted by molar-refractivity contribution is -0.0330. The minimum absolute atomic E-state index is 0.0371. The van der Waals surface area contributed by atoms with Crippen LogP contribution in [0.5, 0.6) is 46.0 Å². The molecule has 26 nitrogen and oxygen atoms in total. The number of nitrogens with zero attached hydrogens (tertiary/aromatic N) is 4. The van der Waals surface area contributed by atoms with Crippen LogP contribution in [0.4, 0.5) is 0 Å². The Morgan fingerprint density at radius 1 is 0.293 bits per heavy atom. The number of benzene rings is 11. The molecule has 0 atom stereocenters. The maximum Gasteiger partial charge on any atom is 0.318 e. The van der Waals surface area contributed by atoms with Gasteiger partial charge in [0, 0.05) is 37.5 Å². The van der Waals surface area contributed by atoms with E-state index in [9.17, 15) is 74.0 Å². The molecule has 11 aromatic rings. The number of fused-ring (bicyclic) bond motifs is 4. The number of amides is 8. The number of alkyl halides is 3. The Kier molecular flexibility index (Phi) is 23.5. The van der Waals surface area contributed by atoms with Crippen molar-refractivity contribution in [3.8, 4) is 46.0 Å². The second kappa shape index (κ2) is 33.1.